The van der Waals surface area contributed by atoms with Gasteiger partial charge in [0.15, 0.2) is 0 Å². The molecular formula is C13H17FN2O3S. The summed E-state index contributed by atoms with van der Waals surface area (Å²) in [5.41, 5.74) is 5.58. The Kier molecular flexibility index (Phi) is 6.61. The van der Waals surface area contributed by atoms with Gasteiger partial charge in [-0.3, -0.25) is 0 Å². The number of halogens is 1. The highest BCUT2D eigenvalue weighted by Gasteiger charge is 2.18. The molecule has 0 aromatic heterocycles. The zero-order valence-electron chi connectivity index (χ0n) is 11.1. The molecule has 110 valence electrons. The Bertz CT molecular complexity index is 606. The highest BCUT2D eigenvalue weighted by atomic mass is 32.2. The molecule has 0 heterocycles. The third-order valence-electron chi connectivity index (χ3n) is 2.30. The van der Waals surface area contributed by atoms with Crippen LogP contribution in [0.5, 0.6) is 0 Å². The van der Waals surface area contributed by atoms with Crippen molar-refractivity contribution in [1.82, 2.24) is 4.72 Å². The van der Waals surface area contributed by atoms with E-state index in [2.05, 4.69) is 16.6 Å². The predicted octanol–water partition coefficient (Wildman–Crippen LogP) is 0.451. The molecule has 3 N–H and O–H groups in total. The third-order valence-corrected chi connectivity index (χ3v) is 3.79. The van der Waals surface area contributed by atoms with E-state index in [4.69, 9.17) is 10.5 Å². The molecule has 0 saturated heterocycles. The van der Waals surface area contributed by atoms with Crippen molar-refractivity contribution in [1.29, 1.82) is 0 Å². The van der Waals surface area contributed by atoms with Gasteiger partial charge in [0.2, 0.25) is 10.0 Å². The average Bonchev–Trinajstić information content (AvgIpc) is 2.41. The summed E-state index contributed by atoms with van der Waals surface area (Å²) in [6.07, 6.45) is 0. The van der Waals surface area contributed by atoms with E-state index in [1.54, 1.807) is 6.92 Å². The van der Waals surface area contributed by atoms with Crippen LogP contribution in [-0.2, 0) is 14.8 Å². The van der Waals surface area contributed by atoms with Gasteiger partial charge in [0, 0.05) is 18.7 Å². The van der Waals surface area contributed by atoms with Crippen molar-refractivity contribution < 1.29 is 17.5 Å². The Morgan fingerprint density at radius 2 is 2.20 bits per heavy atom. The molecule has 0 saturated carbocycles. The van der Waals surface area contributed by atoms with Crippen LogP contribution in [-0.4, -0.2) is 34.7 Å². The summed E-state index contributed by atoms with van der Waals surface area (Å²) >= 11 is 0. The normalized spacial score (nSPS) is 10.9. The number of nitrogens with two attached hydrogens (primary N) is 1. The van der Waals surface area contributed by atoms with Crippen LogP contribution in [0.4, 0.5) is 4.39 Å². The minimum Gasteiger partial charge on any atom is -0.380 e. The number of nitrogens with one attached hydrogen (secondary N) is 1. The first-order valence-electron chi connectivity index (χ1n) is 6.07. The second-order valence-electron chi connectivity index (χ2n) is 3.75. The molecule has 0 unspecified atom stereocenters. The first kappa shape index (κ1) is 16.6. The topological polar surface area (TPSA) is 81.4 Å². The van der Waals surface area contributed by atoms with E-state index < -0.39 is 20.7 Å². The Labute approximate surface area is 118 Å². The second kappa shape index (κ2) is 7.97. The molecule has 20 heavy (non-hydrogen) atoms. The molecule has 5 nitrogen and oxygen atoms in total. The smallest absolute Gasteiger partial charge is 0.243 e. The molecule has 0 spiro atoms. The second-order valence-corrected chi connectivity index (χ2v) is 5.48. The van der Waals surface area contributed by atoms with Gasteiger partial charge in [0.1, 0.15) is 10.7 Å². The number of sulfonamides is 1. The number of ether oxygens (including phenoxy) is 1. The van der Waals surface area contributed by atoms with Crippen LogP contribution in [0, 0.1) is 17.7 Å². The molecule has 7 heteroatoms. The van der Waals surface area contributed by atoms with E-state index in [9.17, 15) is 12.8 Å². The maximum absolute atomic E-state index is 13.8. The molecule has 0 amide bonds. The van der Waals surface area contributed by atoms with Gasteiger partial charge >= 0.3 is 0 Å². The van der Waals surface area contributed by atoms with E-state index in [0.717, 1.165) is 6.07 Å². The third kappa shape index (κ3) is 4.90. The van der Waals surface area contributed by atoms with E-state index in [-0.39, 0.29) is 19.7 Å². The predicted molar refractivity (Wildman–Crippen MR) is 74.0 cm³/mol. The number of hydrogen-bond acceptors (Lipinski definition) is 4. The van der Waals surface area contributed by atoms with E-state index >= 15 is 0 Å². The maximum atomic E-state index is 13.8. The van der Waals surface area contributed by atoms with Crippen molar-refractivity contribution in [2.24, 2.45) is 5.73 Å². The van der Waals surface area contributed by atoms with Crippen LogP contribution in [0.25, 0.3) is 0 Å². The lowest BCUT2D eigenvalue weighted by molar-refractivity contribution is 0.153. The molecule has 1 rings (SSSR count). The van der Waals surface area contributed by atoms with E-state index in [1.165, 1.54) is 12.1 Å². The van der Waals surface area contributed by atoms with Gasteiger partial charge in [-0.2, -0.15) is 0 Å². The van der Waals surface area contributed by atoms with Crippen molar-refractivity contribution in [2.75, 3.05) is 26.3 Å². The fraction of sp³-hybridized carbons (Fsp3) is 0.385. The van der Waals surface area contributed by atoms with Gasteiger partial charge in [-0.1, -0.05) is 11.8 Å². The Balaban J connectivity index is 2.85. The lowest BCUT2D eigenvalue weighted by Gasteiger charge is -2.08. The Hall–Kier alpha value is -1.46. The highest BCUT2D eigenvalue weighted by Crippen LogP contribution is 2.15. The maximum Gasteiger partial charge on any atom is 0.243 e. The van der Waals surface area contributed by atoms with Gasteiger partial charge in [-0.25, -0.2) is 17.5 Å². The molecule has 0 aliphatic heterocycles. The van der Waals surface area contributed by atoms with Crippen LogP contribution < -0.4 is 10.5 Å². The Morgan fingerprint density at radius 1 is 1.45 bits per heavy atom. The molecule has 1 aromatic rings. The summed E-state index contributed by atoms with van der Waals surface area (Å²) < 4.78 is 44.8. The lowest BCUT2D eigenvalue weighted by atomic mass is 10.2. The number of benzene rings is 1. The monoisotopic (exact) mass is 300 g/mol. The summed E-state index contributed by atoms with van der Waals surface area (Å²) in [7, 11) is -3.89. The van der Waals surface area contributed by atoms with Crippen LogP contribution in [0.2, 0.25) is 0 Å². The molecule has 0 fully saturated rings. The summed E-state index contributed by atoms with van der Waals surface area (Å²) in [6.45, 7) is 2.77. The van der Waals surface area contributed by atoms with Crippen molar-refractivity contribution in [3.05, 3.63) is 29.6 Å². The van der Waals surface area contributed by atoms with Gasteiger partial charge in [0.25, 0.3) is 0 Å². The minimum absolute atomic E-state index is 0.0876. The van der Waals surface area contributed by atoms with E-state index in [0.29, 0.717) is 12.2 Å². The highest BCUT2D eigenvalue weighted by molar-refractivity contribution is 7.89. The summed E-state index contributed by atoms with van der Waals surface area (Å²) in [5.74, 6) is 4.35. The SMILES string of the molecule is CCOCCNS(=O)(=O)c1ccc(C#CCN)cc1F. The zero-order valence-corrected chi connectivity index (χ0v) is 12.0. The molecule has 0 radical (unpaired) electrons. The fourth-order valence-corrected chi connectivity index (χ4v) is 2.49. The molecule has 0 bridgehead atoms. The fourth-order valence-electron chi connectivity index (χ4n) is 1.42. The quantitative estimate of drug-likeness (QED) is 0.590. The van der Waals surface area contributed by atoms with Crippen LogP contribution in [0.15, 0.2) is 23.1 Å². The van der Waals surface area contributed by atoms with E-state index in [1.807, 2.05) is 0 Å². The average molecular weight is 300 g/mol. The standard InChI is InChI=1S/C13H17FN2O3S/c1-2-19-9-8-16-20(17,18)13-6-5-11(4-3-7-15)10-12(13)14/h5-6,10,16H,2,7-9,15H2,1H3. The summed E-state index contributed by atoms with van der Waals surface area (Å²) in [5, 5.41) is 0. The minimum atomic E-state index is -3.89. The van der Waals surface area contributed by atoms with Crippen molar-refractivity contribution in [3.63, 3.8) is 0 Å². The summed E-state index contributed by atoms with van der Waals surface area (Å²) in [6, 6.07) is 3.68. The lowest BCUT2D eigenvalue weighted by Crippen LogP contribution is -2.28. The summed E-state index contributed by atoms with van der Waals surface area (Å²) in [4.78, 5) is -0.410. The van der Waals surface area contributed by atoms with Gasteiger partial charge in [-0.05, 0) is 25.1 Å². The van der Waals surface area contributed by atoms with Crippen LogP contribution >= 0.6 is 0 Å². The van der Waals surface area contributed by atoms with Gasteiger partial charge in [-0.15, -0.1) is 0 Å². The first-order valence-corrected chi connectivity index (χ1v) is 7.55. The van der Waals surface area contributed by atoms with Crippen molar-refractivity contribution in [2.45, 2.75) is 11.8 Å². The molecule has 0 aliphatic carbocycles. The van der Waals surface area contributed by atoms with Crippen molar-refractivity contribution in [3.8, 4) is 11.8 Å². The van der Waals surface area contributed by atoms with Gasteiger partial charge < -0.3 is 10.5 Å². The number of hydrogen-bond donors (Lipinski definition) is 2. The van der Waals surface area contributed by atoms with Gasteiger partial charge in [0.05, 0.1) is 13.2 Å². The molecule has 1 aromatic carbocycles. The molecule has 0 atom stereocenters. The van der Waals surface area contributed by atoms with Crippen LogP contribution in [0.1, 0.15) is 12.5 Å². The first-order chi connectivity index (χ1) is 9.51. The molecule has 0 aliphatic rings. The molecular weight excluding hydrogens is 283 g/mol. The van der Waals surface area contributed by atoms with Crippen LogP contribution in [0.3, 0.4) is 0 Å². The Morgan fingerprint density at radius 3 is 2.80 bits per heavy atom. The zero-order chi connectivity index (χ0) is 15.0. The largest absolute Gasteiger partial charge is 0.380 e. The number of rotatable bonds is 6. The van der Waals surface area contributed by atoms with Crippen molar-refractivity contribution >= 4 is 10.0 Å².